The van der Waals surface area contributed by atoms with Crippen molar-refractivity contribution in [2.45, 2.75) is 39.5 Å². The summed E-state index contributed by atoms with van der Waals surface area (Å²) in [7, 11) is 0. The van der Waals surface area contributed by atoms with Crippen molar-refractivity contribution in [2.75, 3.05) is 5.32 Å². The average molecular weight is 466 g/mol. The zero-order valence-electron chi connectivity index (χ0n) is 18.7. The Morgan fingerprint density at radius 2 is 1.68 bits per heavy atom. The van der Waals surface area contributed by atoms with E-state index in [2.05, 4.69) is 10.4 Å². The molecule has 0 saturated heterocycles. The van der Waals surface area contributed by atoms with Crippen LogP contribution in [0, 0.1) is 38.5 Å². The zero-order valence-corrected chi connectivity index (χ0v) is 18.7. The number of carbonyl (C=O) groups is 2. The minimum absolute atomic E-state index is 0.0437. The fourth-order valence-corrected chi connectivity index (χ4v) is 3.19. The van der Waals surface area contributed by atoms with Crippen LogP contribution in [0.5, 0.6) is 0 Å². The molecule has 2 aromatic rings. The summed E-state index contributed by atoms with van der Waals surface area (Å²) in [6.45, 7) is 5.64. The topological polar surface area (TPSA) is 181 Å². The van der Waals surface area contributed by atoms with Gasteiger partial charge in [-0.15, -0.1) is 0 Å². The van der Waals surface area contributed by atoms with Gasteiger partial charge in [-0.25, -0.2) is 5.43 Å². The Kier molecular flexibility index (Phi) is 8.49. The van der Waals surface area contributed by atoms with Crippen LogP contribution < -0.4 is 10.7 Å². The summed E-state index contributed by atoms with van der Waals surface area (Å²) in [4.78, 5) is 46.3. The highest BCUT2D eigenvalue weighted by Gasteiger charge is 2.28. The molecular weight excluding hydrogens is 444 g/mol. The molecule has 0 heterocycles. The Balaban J connectivity index is 2.56. The maximum absolute atomic E-state index is 13.2. The number of aryl methyl sites for hydroxylation is 1. The molecule has 2 rings (SSSR count). The van der Waals surface area contributed by atoms with Crippen LogP contribution in [0.4, 0.5) is 17.1 Å². The number of nitrogens with one attached hydrogen (secondary N) is 2. The summed E-state index contributed by atoms with van der Waals surface area (Å²) in [6, 6.07) is 10.4. The quantitative estimate of drug-likeness (QED) is 0.322. The van der Waals surface area contributed by atoms with Crippen LogP contribution >= 0.6 is 0 Å². The maximum Gasteiger partial charge on any atom is 0.279 e. The van der Waals surface area contributed by atoms with Gasteiger partial charge in [0.1, 0.15) is 17.7 Å². The van der Waals surface area contributed by atoms with Gasteiger partial charge in [-0.2, -0.15) is 10.4 Å². The molecule has 0 aromatic heterocycles. The molecule has 0 fully saturated rings. The van der Waals surface area contributed by atoms with E-state index in [-0.39, 0.29) is 11.5 Å². The minimum atomic E-state index is -0.819. The predicted molar refractivity (Wildman–Crippen MR) is 123 cm³/mol. The minimum Gasteiger partial charge on any atom is -0.320 e. The van der Waals surface area contributed by atoms with Crippen molar-refractivity contribution >= 4 is 34.6 Å². The third-order valence-electron chi connectivity index (χ3n) is 4.85. The normalized spacial score (nSPS) is 11.0. The lowest BCUT2D eigenvalue weighted by Gasteiger charge is -2.17. The molecule has 0 atom stereocenters. The van der Waals surface area contributed by atoms with Crippen LogP contribution in [0.2, 0.25) is 0 Å². The van der Waals surface area contributed by atoms with Crippen LogP contribution in [0.25, 0.3) is 0 Å². The van der Waals surface area contributed by atoms with Gasteiger partial charge in [-0.05, 0) is 30.0 Å². The molecule has 0 saturated carbocycles. The van der Waals surface area contributed by atoms with E-state index in [1.807, 2.05) is 31.4 Å². The maximum atomic E-state index is 13.2. The van der Waals surface area contributed by atoms with E-state index < -0.39 is 51.6 Å². The number of para-hydroxylation sites is 1. The molecule has 2 amide bonds. The van der Waals surface area contributed by atoms with Crippen molar-refractivity contribution in [2.24, 2.45) is 5.10 Å². The molecule has 0 radical (unpaired) electrons. The van der Waals surface area contributed by atoms with Gasteiger partial charge in [0.15, 0.2) is 0 Å². The number of anilines is 1. The van der Waals surface area contributed by atoms with Crippen molar-refractivity contribution in [1.29, 1.82) is 5.26 Å². The van der Waals surface area contributed by atoms with Crippen molar-refractivity contribution in [3.63, 3.8) is 0 Å². The zero-order chi connectivity index (χ0) is 25.4. The molecule has 12 nitrogen and oxygen atoms in total. The third-order valence-corrected chi connectivity index (χ3v) is 4.85. The van der Waals surface area contributed by atoms with Gasteiger partial charge < -0.3 is 5.32 Å². The van der Waals surface area contributed by atoms with E-state index in [4.69, 9.17) is 5.26 Å². The van der Waals surface area contributed by atoms with Crippen LogP contribution in [0.3, 0.4) is 0 Å². The molecule has 2 N–H and O–H groups in total. The number of nitro groups is 2. The number of carbonyl (C=O) groups excluding carboxylic acids is 2. The van der Waals surface area contributed by atoms with E-state index in [1.54, 1.807) is 19.1 Å². The van der Waals surface area contributed by atoms with Gasteiger partial charge in [-0.3, -0.25) is 29.8 Å². The van der Waals surface area contributed by atoms with Gasteiger partial charge >= 0.3 is 0 Å². The van der Waals surface area contributed by atoms with Gasteiger partial charge in [-0.1, -0.05) is 32.0 Å². The van der Waals surface area contributed by atoms with Crippen LogP contribution in [-0.2, 0) is 16.0 Å². The lowest BCUT2D eigenvalue weighted by Crippen LogP contribution is -2.30. The first-order valence-electron chi connectivity index (χ1n) is 10.1. The number of rotatable bonds is 9. The largest absolute Gasteiger partial charge is 0.320 e. The van der Waals surface area contributed by atoms with E-state index >= 15 is 0 Å². The first-order chi connectivity index (χ1) is 16.1. The second-order valence-electron chi connectivity index (χ2n) is 7.54. The Labute approximate surface area is 194 Å². The summed E-state index contributed by atoms with van der Waals surface area (Å²) in [5.41, 5.74) is 2.19. The van der Waals surface area contributed by atoms with Crippen molar-refractivity contribution in [1.82, 2.24) is 5.43 Å². The molecule has 0 aliphatic rings. The molecule has 176 valence electrons. The fraction of sp³-hybridized carbons (Fsp3) is 0.273. The number of nitriles is 1. The fourth-order valence-electron chi connectivity index (χ4n) is 3.19. The van der Waals surface area contributed by atoms with Crippen LogP contribution in [0.1, 0.15) is 42.9 Å². The van der Waals surface area contributed by atoms with E-state index in [0.717, 1.165) is 29.3 Å². The number of hydrogen-bond acceptors (Lipinski definition) is 8. The second-order valence-corrected chi connectivity index (χ2v) is 7.54. The smallest absolute Gasteiger partial charge is 0.279 e. The Morgan fingerprint density at radius 1 is 1.09 bits per heavy atom. The molecule has 0 bridgehead atoms. The number of amides is 2. The van der Waals surface area contributed by atoms with E-state index in [1.165, 1.54) is 0 Å². The van der Waals surface area contributed by atoms with Crippen LogP contribution in [-0.4, -0.2) is 27.4 Å². The second kappa shape index (κ2) is 11.3. The number of nitrogens with zero attached hydrogens (tertiary/aromatic N) is 4. The molecular formula is C22H22N6O6. The van der Waals surface area contributed by atoms with Gasteiger partial charge in [0.25, 0.3) is 23.2 Å². The SMILES string of the molecule is Cc1cccc(C(C)C)c1NC(=O)C(Cc1c([N+](=O)[O-])cccc1[N+](=O)[O-])=NNC(=O)CC#N. The number of benzene rings is 2. The average Bonchev–Trinajstić information content (AvgIpc) is 2.77. The summed E-state index contributed by atoms with van der Waals surface area (Å²) < 4.78 is 0. The number of hydrazone groups is 1. The van der Waals surface area contributed by atoms with Crippen molar-refractivity contribution in [3.05, 3.63) is 73.3 Å². The highest BCUT2D eigenvalue weighted by atomic mass is 16.6. The van der Waals surface area contributed by atoms with Gasteiger partial charge in [0.2, 0.25) is 0 Å². The predicted octanol–water partition coefficient (Wildman–Crippen LogP) is 3.50. The van der Waals surface area contributed by atoms with Gasteiger partial charge in [0.05, 0.1) is 15.9 Å². The molecule has 0 aliphatic heterocycles. The third kappa shape index (κ3) is 6.19. The number of nitro benzene ring substituents is 2. The molecule has 34 heavy (non-hydrogen) atoms. The molecule has 2 aromatic carbocycles. The Morgan fingerprint density at radius 3 is 2.21 bits per heavy atom. The van der Waals surface area contributed by atoms with E-state index in [9.17, 15) is 29.8 Å². The Hall–Kier alpha value is -4.66. The van der Waals surface area contributed by atoms with Crippen molar-refractivity contribution < 1.29 is 19.4 Å². The number of hydrogen-bond donors (Lipinski definition) is 2. The lowest BCUT2D eigenvalue weighted by atomic mass is 9.97. The summed E-state index contributed by atoms with van der Waals surface area (Å²) >= 11 is 0. The first-order valence-corrected chi connectivity index (χ1v) is 10.1. The van der Waals surface area contributed by atoms with Crippen LogP contribution in [0.15, 0.2) is 41.5 Å². The standard InChI is InChI=1S/C22H22N6O6/c1-13(2)15-7-4-6-14(3)21(15)24-22(30)17(25-26-20(29)10-11-23)12-16-18(27(31)32)8-5-9-19(16)28(33)34/h4-9,13H,10,12H2,1-3H3,(H,24,30)(H,26,29). The first kappa shape index (κ1) is 25.6. The summed E-state index contributed by atoms with van der Waals surface area (Å²) in [6.07, 6.45) is -1.16. The highest BCUT2D eigenvalue weighted by molar-refractivity contribution is 6.43. The summed E-state index contributed by atoms with van der Waals surface area (Å²) in [5.74, 6) is -1.59. The molecule has 0 unspecified atom stereocenters. The van der Waals surface area contributed by atoms with Gasteiger partial charge in [0, 0.05) is 24.2 Å². The lowest BCUT2D eigenvalue weighted by molar-refractivity contribution is -0.395. The monoisotopic (exact) mass is 466 g/mol. The molecule has 12 heteroatoms. The summed E-state index contributed by atoms with van der Waals surface area (Å²) in [5, 5.41) is 38.1. The van der Waals surface area contributed by atoms with E-state index in [0.29, 0.717) is 5.69 Å². The molecule has 0 spiro atoms. The molecule has 0 aliphatic carbocycles. The van der Waals surface area contributed by atoms with Crippen molar-refractivity contribution in [3.8, 4) is 6.07 Å². The Bertz CT molecular complexity index is 1180. The highest BCUT2D eigenvalue weighted by Crippen LogP contribution is 2.30.